The summed E-state index contributed by atoms with van der Waals surface area (Å²) in [5, 5.41) is 13.0. The first-order valence-electron chi connectivity index (χ1n) is 3.77. The number of phenols is 1. The van der Waals surface area contributed by atoms with Crippen molar-refractivity contribution in [2.75, 3.05) is 7.05 Å². The Labute approximate surface area is 77.2 Å². The van der Waals surface area contributed by atoms with Crippen LogP contribution in [0.2, 0.25) is 5.02 Å². The van der Waals surface area contributed by atoms with Crippen LogP contribution < -0.4 is 5.32 Å². The molecule has 12 heavy (non-hydrogen) atoms. The Morgan fingerprint density at radius 1 is 1.50 bits per heavy atom. The van der Waals surface area contributed by atoms with Gasteiger partial charge in [-0.05, 0) is 31.7 Å². The maximum absolute atomic E-state index is 9.48. The Morgan fingerprint density at radius 2 is 2.17 bits per heavy atom. The molecule has 2 N–H and O–H groups in total. The monoisotopic (exact) mass is 185 g/mol. The van der Waals surface area contributed by atoms with Gasteiger partial charge in [-0.15, -0.1) is 0 Å². The van der Waals surface area contributed by atoms with Crippen LogP contribution in [0, 0.1) is 6.92 Å². The molecule has 2 nitrogen and oxygen atoms in total. The average Bonchev–Trinajstić information content (AvgIpc) is 1.96. The number of rotatable bonds is 2. The molecule has 1 rings (SSSR count). The SMILES string of the molecule is CNCc1c(O)cc(C)cc1Cl. The highest BCUT2D eigenvalue weighted by molar-refractivity contribution is 6.31. The number of halogens is 1. The minimum Gasteiger partial charge on any atom is -0.508 e. The number of phenolic OH excluding ortho intramolecular Hbond substituents is 1. The molecule has 0 aromatic heterocycles. The van der Waals surface area contributed by atoms with E-state index >= 15 is 0 Å². The van der Waals surface area contributed by atoms with Crippen LogP contribution in [0.1, 0.15) is 11.1 Å². The number of aromatic hydroxyl groups is 1. The summed E-state index contributed by atoms with van der Waals surface area (Å²) >= 11 is 5.91. The fraction of sp³-hybridized carbons (Fsp3) is 0.333. The molecule has 0 unspecified atom stereocenters. The zero-order valence-corrected chi connectivity index (χ0v) is 7.94. The highest BCUT2D eigenvalue weighted by Gasteiger charge is 2.05. The third kappa shape index (κ3) is 1.90. The van der Waals surface area contributed by atoms with Gasteiger partial charge in [-0.25, -0.2) is 0 Å². The Kier molecular flexibility index (Phi) is 2.95. The highest BCUT2D eigenvalue weighted by Crippen LogP contribution is 2.26. The Morgan fingerprint density at radius 3 is 2.67 bits per heavy atom. The summed E-state index contributed by atoms with van der Waals surface area (Å²) in [6.07, 6.45) is 0. The predicted octanol–water partition coefficient (Wildman–Crippen LogP) is 2.07. The second kappa shape index (κ2) is 3.78. The van der Waals surface area contributed by atoms with E-state index in [2.05, 4.69) is 5.32 Å². The average molecular weight is 186 g/mol. The van der Waals surface area contributed by atoms with Gasteiger partial charge < -0.3 is 10.4 Å². The first-order chi connectivity index (χ1) is 5.65. The van der Waals surface area contributed by atoms with E-state index in [9.17, 15) is 5.11 Å². The van der Waals surface area contributed by atoms with Crippen LogP contribution in [0.25, 0.3) is 0 Å². The summed E-state index contributed by atoms with van der Waals surface area (Å²) in [5.74, 6) is 0.259. The summed E-state index contributed by atoms with van der Waals surface area (Å²) in [6, 6.07) is 3.55. The van der Waals surface area contributed by atoms with Crippen molar-refractivity contribution in [3.8, 4) is 5.75 Å². The molecule has 3 heteroatoms. The van der Waals surface area contributed by atoms with Gasteiger partial charge in [0.25, 0.3) is 0 Å². The lowest BCUT2D eigenvalue weighted by molar-refractivity contribution is 0.466. The van der Waals surface area contributed by atoms with E-state index in [0.29, 0.717) is 11.6 Å². The molecule has 0 amide bonds. The molecule has 0 aliphatic rings. The summed E-state index contributed by atoms with van der Waals surface area (Å²) < 4.78 is 0. The molecule has 0 spiro atoms. The van der Waals surface area contributed by atoms with Crippen LogP contribution in [0.4, 0.5) is 0 Å². The predicted molar refractivity (Wildman–Crippen MR) is 50.6 cm³/mol. The molecule has 0 saturated carbocycles. The molecule has 0 radical (unpaired) electrons. The molecule has 0 atom stereocenters. The Hall–Kier alpha value is -0.730. The lowest BCUT2D eigenvalue weighted by Crippen LogP contribution is -2.05. The highest BCUT2D eigenvalue weighted by atomic mass is 35.5. The second-order valence-electron chi connectivity index (χ2n) is 2.77. The minimum absolute atomic E-state index is 0.259. The lowest BCUT2D eigenvalue weighted by atomic mass is 10.1. The van der Waals surface area contributed by atoms with Crippen LogP contribution in [0.5, 0.6) is 5.75 Å². The van der Waals surface area contributed by atoms with Gasteiger partial charge in [-0.3, -0.25) is 0 Å². The van der Waals surface area contributed by atoms with Crippen LogP contribution in [0.3, 0.4) is 0 Å². The summed E-state index contributed by atoms with van der Waals surface area (Å²) in [5.41, 5.74) is 1.72. The van der Waals surface area contributed by atoms with Gasteiger partial charge in [0, 0.05) is 17.1 Å². The fourth-order valence-electron chi connectivity index (χ4n) is 1.11. The van der Waals surface area contributed by atoms with Gasteiger partial charge in [0.15, 0.2) is 0 Å². The first kappa shape index (κ1) is 9.36. The maximum Gasteiger partial charge on any atom is 0.121 e. The smallest absolute Gasteiger partial charge is 0.121 e. The van der Waals surface area contributed by atoms with E-state index < -0.39 is 0 Å². The zero-order chi connectivity index (χ0) is 9.14. The van der Waals surface area contributed by atoms with Crippen molar-refractivity contribution < 1.29 is 5.11 Å². The van der Waals surface area contributed by atoms with E-state index in [1.807, 2.05) is 20.0 Å². The third-order valence-corrected chi connectivity index (χ3v) is 2.01. The van der Waals surface area contributed by atoms with Crippen molar-refractivity contribution in [1.82, 2.24) is 5.32 Å². The Bertz CT molecular complexity index is 263. The van der Waals surface area contributed by atoms with Crippen molar-refractivity contribution in [3.63, 3.8) is 0 Å². The molecule has 0 heterocycles. The largest absolute Gasteiger partial charge is 0.508 e. The lowest BCUT2D eigenvalue weighted by Gasteiger charge is -2.07. The summed E-state index contributed by atoms with van der Waals surface area (Å²) in [4.78, 5) is 0. The molecule has 1 aromatic rings. The molecular formula is C9H12ClNO. The van der Waals surface area contributed by atoms with Crippen molar-refractivity contribution in [1.29, 1.82) is 0 Å². The molecule has 0 aliphatic carbocycles. The summed E-state index contributed by atoms with van der Waals surface area (Å²) in [7, 11) is 1.82. The van der Waals surface area contributed by atoms with Crippen LogP contribution in [0.15, 0.2) is 12.1 Å². The molecule has 0 fully saturated rings. The fourth-order valence-corrected chi connectivity index (χ4v) is 1.44. The molecule has 66 valence electrons. The molecule has 0 bridgehead atoms. The van der Waals surface area contributed by atoms with Crippen molar-refractivity contribution in [2.24, 2.45) is 0 Å². The van der Waals surface area contributed by atoms with Gasteiger partial charge in [0.2, 0.25) is 0 Å². The van der Waals surface area contributed by atoms with Crippen LogP contribution in [-0.2, 0) is 6.54 Å². The van der Waals surface area contributed by atoms with Crippen molar-refractivity contribution in [3.05, 3.63) is 28.3 Å². The van der Waals surface area contributed by atoms with E-state index in [0.717, 1.165) is 11.1 Å². The van der Waals surface area contributed by atoms with E-state index in [-0.39, 0.29) is 5.75 Å². The molecule has 0 aliphatic heterocycles. The van der Waals surface area contributed by atoms with Crippen molar-refractivity contribution >= 4 is 11.6 Å². The minimum atomic E-state index is 0.259. The van der Waals surface area contributed by atoms with Gasteiger partial charge in [0.05, 0.1) is 0 Å². The van der Waals surface area contributed by atoms with Gasteiger partial charge >= 0.3 is 0 Å². The number of nitrogens with one attached hydrogen (secondary N) is 1. The number of aryl methyl sites for hydroxylation is 1. The van der Waals surface area contributed by atoms with E-state index in [1.54, 1.807) is 6.07 Å². The number of benzene rings is 1. The topological polar surface area (TPSA) is 32.3 Å². The quantitative estimate of drug-likeness (QED) is 0.740. The van der Waals surface area contributed by atoms with Crippen molar-refractivity contribution in [2.45, 2.75) is 13.5 Å². The maximum atomic E-state index is 9.48. The van der Waals surface area contributed by atoms with E-state index in [4.69, 9.17) is 11.6 Å². The third-order valence-electron chi connectivity index (χ3n) is 1.67. The molecule has 0 saturated heterocycles. The summed E-state index contributed by atoms with van der Waals surface area (Å²) in [6.45, 7) is 2.49. The number of hydrogen-bond donors (Lipinski definition) is 2. The number of hydrogen-bond acceptors (Lipinski definition) is 2. The van der Waals surface area contributed by atoms with Crippen LogP contribution in [-0.4, -0.2) is 12.2 Å². The Balaban J connectivity index is 3.10. The second-order valence-corrected chi connectivity index (χ2v) is 3.18. The first-order valence-corrected chi connectivity index (χ1v) is 4.15. The standard InChI is InChI=1S/C9H12ClNO/c1-6-3-8(10)7(5-11-2)9(12)4-6/h3-4,11-12H,5H2,1-2H3. The van der Waals surface area contributed by atoms with Gasteiger partial charge in [-0.2, -0.15) is 0 Å². The molecule has 1 aromatic carbocycles. The van der Waals surface area contributed by atoms with E-state index in [1.165, 1.54) is 0 Å². The molecular weight excluding hydrogens is 174 g/mol. The van der Waals surface area contributed by atoms with Gasteiger partial charge in [-0.1, -0.05) is 11.6 Å². The normalized spacial score (nSPS) is 10.2. The van der Waals surface area contributed by atoms with Gasteiger partial charge in [0.1, 0.15) is 5.75 Å². The van der Waals surface area contributed by atoms with Crippen LogP contribution >= 0.6 is 11.6 Å². The zero-order valence-electron chi connectivity index (χ0n) is 7.19.